The Labute approximate surface area is 86.1 Å². The molecule has 1 saturated carbocycles. The number of nitrogens with zero attached hydrogens (tertiary/aromatic N) is 2. The van der Waals surface area contributed by atoms with Gasteiger partial charge in [0.15, 0.2) is 0 Å². The number of hydrogen-bond acceptors (Lipinski definition) is 3. The summed E-state index contributed by atoms with van der Waals surface area (Å²) in [5.41, 5.74) is 6.43. The molecule has 1 atom stereocenters. The summed E-state index contributed by atoms with van der Waals surface area (Å²) in [5.74, 6) is 0.453. The van der Waals surface area contributed by atoms with Crippen LogP contribution in [0.4, 0.5) is 5.82 Å². The number of aromatic nitrogens is 2. The molecule has 1 aromatic rings. The van der Waals surface area contributed by atoms with Crippen LogP contribution in [0, 0.1) is 6.92 Å². The fraction of sp³-hybridized carbons (Fsp3) is 0.667. The van der Waals surface area contributed by atoms with Gasteiger partial charge in [-0.05, 0) is 19.8 Å². The van der Waals surface area contributed by atoms with E-state index in [1.165, 1.54) is 12.8 Å². The van der Waals surface area contributed by atoms with Crippen molar-refractivity contribution in [2.24, 2.45) is 0 Å². The van der Waals surface area contributed by atoms with Crippen molar-refractivity contribution in [2.75, 3.05) is 5.73 Å². The largest absolute Gasteiger partial charge is 0.382 e. The summed E-state index contributed by atoms with van der Waals surface area (Å²) >= 11 is 0. The summed E-state index contributed by atoms with van der Waals surface area (Å²) in [4.78, 5) is 0. The minimum atomic E-state index is -1.02. The predicted octanol–water partition coefficient (Wildman–Crippen LogP) is 1.23. The summed E-state index contributed by atoms with van der Waals surface area (Å²) in [6, 6.07) is 1.76. The second kappa shape index (κ2) is 3.73. The molecule has 2 rings (SSSR count). The predicted molar refractivity (Wildman–Crippen MR) is 57.2 cm³/mol. The monoisotopic (exact) mass is 213 g/mol. The van der Waals surface area contributed by atoms with Crippen LogP contribution in [0.25, 0.3) is 0 Å². The molecule has 1 aliphatic carbocycles. The molecule has 4 nitrogen and oxygen atoms in total. The molecular weight excluding hydrogens is 198 g/mol. The minimum absolute atomic E-state index is 0.271. The van der Waals surface area contributed by atoms with E-state index in [2.05, 4.69) is 5.10 Å². The fourth-order valence-electron chi connectivity index (χ4n) is 1.90. The first-order chi connectivity index (χ1) is 6.68. The van der Waals surface area contributed by atoms with Gasteiger partial charge in [0.05, 0.1) is 10.9 Å². The lowest BCUT2D eigenvalue weighted by Crippen LogP contribution is -2.20. The number of nitrogens with two attached hydrogens (primary N) is 1. The smallest absolute Gasteiger partial charge is 0.146 e. The van der Waals surface area contributed by atoms with Crippen LogP contribution in [-0.4, -0.2) is 18.6 Å². The van der Waals surface area contributed by atoms with Gasteiger partial charge in [-0.15, -0.1) is 5.10 Å². The molecule has 78 valence electrons. The van der Waals surface area contributed by atoms with Crippen LogP contribution in [0.15, 0.2) is 6.07 Å². The average Bonchev–Trinajstić information content (AvgIpc) is 2.73. The van der Waals surface area contributed by atoms with Gasteiger partial charge < -0.3 is 5.73 Å². The van der Waals surface area contributed by atoms with Crippen LogP contribution in [0.1, 0.15) is 31.4 Å². The van der Waals surface area contributed by atoms with E-state index in [1.54, 1.807) is 10.2 Å². The Morgan fingerprint density at radius 1 is 1.57 bits per heavy atom. The minimum Gasteiger partial charge on any atom is -0.382 e. The Morgan fingerprint density at radius 3 is 2.71 bits per heavy atom. The molecular formula is C9H15N3OS. The molecule has 1 heterocycles. The van der Waals surface area contributed by atoms with Crippen molar-refractivity contribution in [3.8, 4) is 0 Å². The third kappa shape index (κ3) is 1.68. The maximum Gasteiger partial charge on any atom is 0.146 e. The van der Waals surface area contributed by atoms with Gasteiger partial charge in [-0.25, -0.2) is 4.21 Å². The van der Waals surface area contributed by atoms with Gasteiger partial charge in [-0.3, -0.25) is 0 Å². The highest BCUT2D eigenvalue weighted by Gasteiger charge is 2.24. The molecule has 2 N–H and O–H groups in total. The highest BCUT2D eigenvalue weighted by Crippen LogP contribution is 2.24. The first kappa shape index (κ1) is 9.71. The van der Waals surface area contributed by atoms with Crippen molar-refractivity contribution in [3.63, 3.8) is 0 Å². The molecule has 0 bridgehead atoms. The second-order valence-corrected chi connectivity index (χ2v) is 5.33. The molecule has 0 radical (unpaired) electrons. The molecule has 1 aliphatic rings. The summed E-state index contributed by atoms with van der Waals surface area (Å²) in [6.45, 7) is 1.89. The SMILES string of the molecule is Cc1cc(N)nn1S(=O)C1CCCC1. The first-order valence-electron chi connectivity index (χ1n) is 4.91. The van der Waals surface area contributed by atoms with E-state index in [1.807, 2.05) is 6.92 Å². The van der Waals surface area contributed by atoms with Gasteiger partial charge in [-0.2, -0.15) is 4.09 Å². The molecule has 1 unspecified atom stereocenters. The number of aryl methyl sites for hydroxylation is 1. The quantitative estimate of drug-likeness (QED) is 0.803. The van der Waals surface area contributed by atoms with Gasteiger partial charge in [0.2, 0.25) is 0 Å². The van der Waals surface area contributed by atoms with E-state index in [0.29, 0.717) is 5.82 Å². The third-order valence-electron chi connectivity index (χ3n) is 2.62. The fourth-order valence-corrected chi connectivity index (χ4v) is 3.43. The standard InChI is InChI=1S/C9H15N3OS/c1-7-6-9(10)11-12(7)14(13)8-4-2-3-5-8/h6,8H,2-5H2,1H3,(H2,10,11). The van der Waals surface area contributed by atoms with Crippen LogP contribution >= 0.6 is 0 Å². The molecule has 0 aromatic carbocycles. The zero-order chi connectivity index (χ0) is 10.1. The Kier molecular flexibility index (Phi) is 2.58. The molecule has 0 aliphatic heterocycles. The van der Waals surface area contributed by atoms with Gasteiger partial charge in [0.25, 0.3) is 0 Å². The summed E-state index contributed by atoms with van der Waals surface area (Å²) in [6.07, 6.45) is 4.47. The van der Waals surface area contributed by atoms with Gasteiger partial charge >= 0.3 is 0 Å². The van der Waals surface area contributed by atoms with Crippen molar-refractivity contribution in [2.45, 2.75) is 37.9 Å². The first-order valence-corrected chi connectivity index (χ1v) is 6.08. The average molecular weight is 213 g/mol. The van der Waals surface area contributed by atoms with Crippen molar-refractivity contribution in [1.29, 1.82) is 0 Å². The van der Waals surface area contributed by atoms with E-state index in [9.17, 15) is 4.21 Å². The van der Waals surface area contributed by atoms with Crippen LogP contribution in [0.2, 0.25) is 0 Å². The highest BCUT2D eigenvalue weighted by atomic mass is 32.2. The second-order valence-electron chi connectivity index (χ2n) is 3.77. The summed E-state index contributed by atoms with van der Waals surface area (Å²) < 4.78 is 13.6. The zero-order valence-electron chi connectivity index (χ0n) is 8.27. The van der Waals surface area contributed by atoms with Crippen molar-refractivity contribution >= 4 is 16.8 Å². The van der Waals surface area contributed by atoms with Crippen LogP contribution in [0.3, 0.4) is 0 Å². The molecule has 1 fully saturated rings. The van der Waals surface area contributed by atoms with Crippen molar-refractivity contribution in [3.05, 3.63) is 11.8 Å². The highest BCUT2D eigenvalue weighted by molar-refractivity contribution is 7.84. The number of anilines is 1. The van der Waals surface area contributed by atoms with E-state index in [0.717, 1.165) is 18.5 Å². The molecule has 14 heavy (non-hydrogen) atoms. The molecule has 0 amide bonds. The van der Waals surface area contributed by atoms with Crippen molar-refractivity contribution < 1.29 is 4.21 Å². The number of rotatable bonds is 2. The third-order valence-corrected chi connectivity index (χ3v) is 4.37. The van der Waals surface area contributed by atoms with Crippen LogP contribution in [-0.2, 0) is 11.0 Å². The van der Waals surface area contributed by atoms with E-state index < -0.39 is 11.0 Å². The van der Waals surface area contributed by atoms with Crippen LogP contribution < -0.4 is 5.73 Å². The Morgan fingerprint density at radius 2 is 2.21 bits per heavy atom. The summed E-state index contributed by atoms with van der Waals surface area (Å²) in [5, 5.41) is 4.32. The van der Waals surface area contributed by atoms with Crippen molar-refractivity contribution in [1.82, 2.24) is 9.19 Å². The Balaban J connectivity index is 2.21. The Hall–Kier alpha value is -0.840. The van der Waals surface area contributed by atoms with Gasteiger partial charge in [0.1, 0.15) is 16.8 Å². The lowest BCUT2D eigenvalue weighted by atomic mass is 10.4. The van der Waals surface area contributed by atoms with E-state index in [-0.39, 0.29) is 5.25 Å². The normalized spacial score (nSPS) is 20.1. The lowest BCUT2D eigenvalue weighted by Gasteiger charge is -2.09. The van der Waals surface area contributed by atoms with E-state index >= 15 is 0 Å². The molecule has 0 spiro atoms. The topological polar surface area (TPSA) is 60.9 Å². The molecule has 5 heteroatoms. The zero-order valence-corrected chi connectivity index (χ0v) is 9.09. The van der Waals surface area contributed by atoms with Gasteiger partial charge in [0, 0.05) is 6.07 Å². The van der Waals surface area contributed by atoms with Gasteiger partial charge in [-0.1, -0.05) is 12.8 Å². The van der Waals surface area contributed by atoms with E-state index in [4.69, 9.17) is 5.73 Å². The molecule has 0 saturated heterocycles. The summed E-state index contributed by atoms with van der Waals surface area (Å²) in [7, 11) is -1.02. The number of nitrogen functional groups attached to an aromatic ring is 1. The van der Waals surface area contributed by atoms with Crippen LogP contribution in [0.5, 0.6) is 0 Å². The lowest BCUT2D eigenvalue weighted by molar-refractivity contribution is 0.654. The maximum atomic E-state index is 12.0. The number of hydrogen-bond donors (Lipinski definition) is 1. The Bertz CT molecular complexity index is 355. The maximum absolute atomic E-state index is 12.0. The molecule has 1 aromatic heterocycles.